The Kier molecular flexibility index (Phi) is 4.87. The van der Waals surface area contributed by atoms with Gasteiger partial charge in [0, 0.05) is 38.6 Å². The Labute approximate surface area is 177 Å². The lowest BCUT2D eigenvalue weighted by Gasteiger charge is -2.35. The molecule has 0 saturated carbocycles. The molecule has 1 aliphatic rings. The van der Waals surface area contributed by atoms with Crippen LogP contribution in [0.5, 0.6) is 0 Å². The number of anilines is 1. The molecule has 1 saturated heterocycles. The van der Waals surface area contributed by atoms with E-state index in [1.54, 1.807) is 34.0 Å². The van der Waals surface area contributed by atoms with Gasteiger partial charge in [-0.1, -0.05) is 12.1 Å². The maximum absolute atomic E-state index is 12.8. The Morgan fingerprint density at radius 2 is 1.71 bits per heavy atom. The summed E-state index contributed by atoms with van der Waals surface area (Å²) in [7, 11) is 0. The second kappa shape index (κ2) is 7.98. The monoisotopic (exact) mass is 416 g/mol. The van der Waals surface area contributed by atoms with Gasteiger partial charge in [-0.2, -0.15) is 5.10 Å². The van der Waals surface area contributed by atoms with Crippen molar-refractivity contribution in [3.63, 3.8) is 0 Å². The van der Waals surface area contributed by atoms with Gasteiger partial charge in [0.25, 0.3) is 5.56 Å². The minimum absolute atomic E-state index is 0.0188. The number of nitrogens with zero attached hydrogens (tertiary/aromatic N) is 8. The zero-order valence-corrected chi connectivity index (χ0v) is 16.7. The molecule has 10 nitrogen and oxygen atoms in total. The molecule has 0 unspecified atom stereocenters. The minimum Gasteiger partial charge on any atom is -0.352 e. The number of piperazine rings is 1. The molecule has 156 valence electrons. The highest BCUT2D eigenvalue weighted by molar-refractivity contribution is 5.79. The van der Waals surface area contributed by atoms with Gasteiger partial charge in [-0.3, -0.25) is 14.2 Å². The molecule has 1 amide bonds. The number of benzene rings is 1. The van der Waals surface area contributed by atoms with E-state index < -0.39 is 0 Å². The summed E-state index contributed by atoms with van der Waals surface area (Å²) in [5, 5.41) is 13.2. The molecule has 0 bridgehead atoms. The smallest absolute Gasteiger partial charge is 0.261 e. The van der Waals surface area contributed by atoms with Crippen LogP contribution in [-0.4, -0.2) is 66.5 Å². The van der Waals surface area contributed by atoms with E-state index in [1.807, 2.05) is 30.5 Å². The normalized spacial score (nSPS) is 14.2. The lowest BCUT2D eigenvalue weighted by Crippen LogP contribution is -2.50. The number of para-hydroxylation sites is 1. The number of amides is 1. The number of carbonyl (C=O) groups excluding carboxylic acids is 1. The van der Waals surface area contributed by atoms with Gasteiger partial charge < -0.3 is 9.80 Å². The van der Waals surface area contributed by atoms with E-state index in [0.29, 0.717) is 42.9 Å². The van der Waals surface area contributed by atoms with Gasteiger partial charge in [-0.05, 0) is 30.3 Å². The van der Waals surface area contributed by atoms with Gasteiger partial charge in [0.1, 0.15) is 6.54 Å². The highest BCUT2D eigenvalue weighted by atomic mass is 16.2. The molecule has 0 spiro atoms. The molecule has 5 rings (SSSR count). The molecule has 1 fully saturated rings. The van der Waals surface area contributed by atoms with Crippen molar-refractivity contribution >= 4 is 22.6 Å². The second-order valence-electron chi connectivity index (χ2n) is 7.26. The summed E-state index contributed by atoms with van der Waals surface area (Å²) in [5.41, 5.74) is 0.426. The van der Waals surface area contributed by atoms with Gasteiger partial charge in [0.2, 0.25) is 5.91 Å². The lowest BCUT2D eigenvalue weighted by molar-refractivity contribution is -0.132. The number of hydrogen-bond donors (Lipinski definition) is 0. The molecular weight excluding hydrogens is 396 g/mol. The maximum atomic E-state index is 12.8. The molecule has 4 aromatic rings. The van der Waals surface area contributed by atoms with E-state index in [0.717, 1.165) is 5.82 Å². The third kappa shape index (κ3) is 3.75. The molecule has 10 heteroatoms. The number of aromatic nitrogens is 6. The summed E-state index contributed by atoms with van der Waals surface area (Å²) in [6.45, 7) is 2.38. The first-order valence-corrected chi connectivity index (χ1v) is 10.00. The first kappa shape index (κ1) is 18.9. The molecule has 0 N–H and O–H groups in total. The average Bonchev–Trinajstić information content (AvgIpc) is 3.36. The third-order valence-corrected chi connectivity index (χ3v) is 5.37. The molecule has 31 heavy (non-hydrogen) atoms. The van der Waals surface area contributed by atoms with Crippen molar-refractivity contribution in [1.82, 2.24) is 34.4 Å². The van der Waals surface area contributed by atoms with E-state index >= 15 is 0 Å². The number of carbonyl (C=O) groups is 1. The fourth-order valence-electron chi connectivity index (χ4n) is 3.66. The van der Waals surface area contributed by atoms with Gasteiger partial charge in [0.05, 0.1) is 17.2 Å². The van der Waals surface area contributed by atoms with Crippen LogP contribution in [0.2, 0.25) is 0 Å². The number of hydrogen-bond acceptors (Lipinski definition) is 7. The first-order chi connectivity index (χ1) is 15.2. The largest absolute Gasteiger partial charge is 0.352 e. The minimum atomic E-state index is -0.204. The van der Waals surface area contributed by atoms with Crippen molar-refractivity contribution in [3.8, 4) is 5.82 Å². The zero-order valence-electron chi connectivity index (χ0n) is 16.7. The highest BCUT2D eigenvalue weighted by Crippen LogP contribution is 2.14. The van der Waals surface area contributed by atoms with Crippen molar-refractivity contribution in [3.05, 3.63) is 71.5 Å². The van der Waals surface area contributed by atoms with Gasteiger partial charge in [-0.15, -0.1) is 10.2 Å². The summed E-state index contributed by atoms with van der Waals surface area (Å²) in [5.74, 6) is 1.31. The first-order valence-electron chi connectivity index (χ1n) is 10.00. The van der Waals surface area contributed by atoms with E-state index in [4.69, 9.17) is 0 Å². The maximum Gasteiger partial charge on any atom is 0.261 e. The standard InChI is InChI=1S/C21H20N8O2/c30-20(14-28-15-22-17-5-2-1-4-16(17)21(28)31)27-12-10-26(11-13-27)18-6-7-19(25-24-18)29-9-3-8-23-29/h1-9,15H,10-14H2. The van der Waals surface area contributed by atoms with Crippen LogP contribution in [0.1, 0.15) is 0 Å². The van der Waals surface area contributed by atoms with E-state index in [2.05, 4.69) is 25.2 Å². The molecule has 0 radical (unpaired) electrons. The van der Waals surface area contributed by atoms with Crippen LogP contribution in [0, 0.1) is 0 Å². The summed E-state index contributed by atoms with van der Waals surface area (Å²) in [6, 6.07) is 12.7. The van der Waals surface area contributed by atoms with Gasteiger partial charge in [-0.25, -0.2) is 9.67 Å². The van der Waals surface area contributed by atoms with E-state index in [9.17, 15) is 9.59 Å². The quantitative estimate of drug-likeness (QED) is 0.483. The average molecular weight is 416 g/mol. The van der Waals surface area contributed by atoms with Crippen LogP contribution in [0.3, 0.4) is 0 Å². The van der Waals surface area contributed by atoms with Crippen molar-refractivity contribution in [2.75, 3.05) is 31.1 Å². The van der Waals surface area contributed by atoms with Crippen molar-refractivity contribution in [2.24, 2.45) is 0 Å². The fraction of sp³-hybridized carbons (Fsp3) is 0.238. The predicted molar refractivity (Wildman–Crippen MR) is 114 cm³/mol. The lowest BCUT2D eigenvalue weighted by atomic mass is 10.2. The summed E-state index contributed by atoms with van der Waals surface area (Å²) in [4.78, 5) is 33.5. The van der Waals surface area contributed by atoms with Crippen molar-refractivity contribution in [1.29, 1.82) is 0 Å². The Morgan fingerprint density at radius 3 is 2.45 bits per heavy atom. The topological polar surface area (TPSA) is 102 Å². The van der Waals surface area contributed by atoms with Crippen LogP contribution >= 0.6 is 0 Å². The van der Waals surface area contributed by atoms with Crippen LogP contribution in [-0.2, 0) is 11.3 Å². The molecule has 1 aromatic carbocycles. The van der Waals surface area contributed by atoms with Gasteiger partial charge in [0.15, 0.2) is 11.6 Å². The predicted octanol–water partition coefficient (Wildman–Crippen LogP) is 0.721. The number of rotatable bonds is 4. The van der Waals surface area contributed by atoms with E-state index in [-0.39, 0.29) is 18.0 Å². The van der Waals surface area contributed by atoms with Crippen LogP contribution in [0.25, 0.3) is 16.7 Å². The van der Waals surface area contributed by atoms with Crippen LogP contribution in [0.4, 0.5) is 5.82 Å². The Bertz CT molecular complexity index is 1260. The highest BCUT2D eigenvalue weighted by Gasteiger charge is 2.23. The van der Waals surface area contributed by atoms with E-state index in [1.165, 1.54) is 10.9 Å². The second-order valence-corrected chi connectivity index (χ2v) is 7.26. The third-order valence-electron chi connectivity index (χ3n) is 5.37. The number of fused-ring (bicyclic) bond motifs is 1. The molecule has 0 atom stereocenters. The Morgan fingerprint density at radius 1 is 0.935 bits per heavy atom. The molecule has 0 aliphatic carbocycles. The summed E-state index contributed by atoms with van der Waals surface area (Å²) >= 11 is 0. The Hall–Kier alpha value is -4.08. The van der Waals surface area contributed by atoms with Crippen LogP contribution in [0.15, 0.2) is 66.0 Å². The fourth-order valence-corrected chi connectivity index (χ4v) is 3.66. The van der Waals surface area contributed by atoms with Crippen molar-refractivity contribution < 1.29 is 4.79 Å². The molecular formula is C21H20N8O2. The molecule has 4 heterocycles. The summed E-state index contributed by atoms with van der Waals surface area (Å²) in [6.07, 6.45) is 4.94. The molecule has 3 aromatic heterocycles. The van der Waals surface area contributed by atoms with Gasteiger partial charge >= 0.3 is 0 Å². The summed E-state index contributed by atoms with van der Waals surface area (Å²) < 4.78 is 3.02. The zero-order chi connectivity index (χ0) is 21.2. The molecule has 1 aliphatic heterocycles. The van der Waals surface area contributed by atoms with Crippen molar-refractivity contribution in [2.45, 2.75) is 6.54 Å². The Balaban J connectivity index is 1.22. The van der Waals surface area contributed by atoms with Crippen LogP contribution < -0.4 is 10.5 Å². The SMILES string of the molecule is O=C(Cn1cnc2ccccc2c1=O)N1CCN(c2ccc(-n3cccn3)nn2)CC1.